The first kappa shape index (κ1) is 22.2. The van der Waals surface area contributed by atoms with Crippen molar-refractivity contribution in [2.75, 3.05) is 31.5 Å². The maximum atomic E-state index is 4.93. The van der Waals surface area contributed by atoms with Crippen molar-refractivity contribution in [1.29, 1.82) is 0 Å². The lowest BCUT2D eigenvalue weighted by atomic mass is 9.90. The highest BCUT2D eigenvalue weighted by Gasteiger charge is 2.31. The molecule has 1 aliphatic heterocycles. The second kappa shape index (κ2) is 9.38. The van der Waals surface area contributed by atoms with Crippen LogP contribution in [0.15, 0.2) is 18.3 Å². The zero-order valence-corrected chi connectivity index (χ0v) is 20.7. The third-order valence-corrected chi connectivity index (χ3v) is 8.41. The smallest absolute Gasteiger partial charge is 0.223 e. The molecule has 3 heterocycles. The van der Waals surface area contributed by atoms with E-state index < -0.39 is 0 Å². The van der Waals surface area contributed by atoms with E-state index in [9.17, 15) is 0 Å². The second-order valence-corrected chi connectivity index (χ2v) is 10.9. The maximum Gasteiger partial charge on any atom is 0.223 e. The van der Waals surface area contributed by atoms with Crippen molar-refractivity contribution in [1.82, 2.24) is 34.8 Å². The van der Waals surface area contributed by atoms with Crippen LogP contribution in [-0.2, 0) is 0 Å². The molecule has 8 nitrogen and oxygen atoms in total. The highest BCUT2D eigenvalue weighted by atomic mass is 15.4. The summed E-state index contributed by atoms with van der Waals surface area (Å²) in [5, 5.41) is 13.4. The Kier molecular flexibility index (Phi) is 6.11. The standard InChI is InChI=1S/C26H38N8/c1-18(2)34-25-23(30-31-34)12-7-19-17-27-26(29-24(19)25)28-20-8-10-22(11-9-20)33-15-13-32(14-16-33)21-5-3-4-6-21/h7,12,17-18,20-22H,3-6,8-11,13-16H2,1-2H3,(H,27,28,29)/t20-,22-. The van der Waals surface area contributed by atoms with Crippen molar-refractivity contribution in [2.24, 2.45) is 0 Å². The fraction of sp³-hybridized carbons (Fsp3) is 0.692. The third kappa shape index (κ3) is 4.26. The van der Waals surface area contributed by atoms with Crippen LogP contribution in [0, 0.1) is 0 Å². The highest BCUT2D eigenvalue weighted by Crippen LogP contribution is 2.29. The largest absolute Gasteiger partial charge is 0.351 e. The molecule has 0 unspecified atom stereocenters. The fourth-order valence-electron chi connectivity index (χ4n) is 6.46. The summed E-state index contributed by atoms with van der Waals surface area (Å²) in [6.45, 7) is 9.29. The topological polar surface area (TPSA) is 75.0 Å². The highest BCUT2D eigenvalue weighted by molar-refractivity contribution is 6.01. The Labute approximate surface area is 202 Å². The van der Waals surface area contributed by atoms with Gasteiger partial charge in [0.25, 0.3) is 0 Å². The van der Waals surface area contributed by atoms with Gasteiger partial charge in [-0.3, -0.25) is 9.80 Å². The first-order valence-corrected chi connectivity index (χ1v) is 13.4. The van der Waals surface area contributed by atoms with Gasteiger partial charge in [0.15, 0.2) is 0 Å². The molecular weight excluding hydrogens is 424 g/mol. The molecule has 0 spiro atoms. The molecule has 2 saturated carbocycles. The zero-order valence-electron chi connectivity index (χ0n) is 20.7. The molecular formula is C26H38N8. The van der Waals surface area contributed by atoms with Crippen molar-refractivity contribution in [3.63, 3.8) is 0 Å². The second-order valence-electron chi connectivity index (χ2n) is 10.9. The summed E-state index contributed by atoms with van der Waals surface area (Å²) in [7, 11) is 0. The average Bonchev–Trinajstić information content (AvgIpc) is 3.55. The number of benzene rings is 1. The van der Waals surface area contributed by atoms with Crippen LogP contribution in [0.25, 0.3) is 21.9 Å². The molecule has 182 valence electrons. The van der Waals surface area contributed by atoms with Gasteiger partial charge in [-0.15, -0.1) is 5.10 Å². The van der Waals surface area contributed by atoms with E-state index in [1.165, 1.54) is 77.5 Å². The summed E-state index contributed by atoms with van der Waals surface area (Å²) in [4.78, 5) is 15.1. The molecule has 2 aromatic heterocycles. The van der Waals surface area contributed by atoms with Crippen molar-refractivity contribution in [2.45, 2.75) is 89.4 Å². The predicted octanol–water partition coefficient (Wildman–Crippen LogP) is 4.24. The average molecular weight is 463 g/mol. The number of hydrogen-bond donors (Lipinski definition) is 1. The zero-order chi connectivity index (χ0) is 23.1. The van der Waals surface area contributed by atoms with Crippen LogP contribution in [0.4, 0.5) is 5.95 Å². The molecule has 1 aromatic carbocycles. The molecule has 0 bridgehead atoms. The Balaban J connectivity index is 1.08. The summed E-state index contributed by atoms with van der Waals surface area (Å²) in [5.74, 6) is 0.727. The fourth-order valence-corrected chi connectivity index (χ4v) is 6.46. The molecule has 3 aliphatic rings. The molecule has 0 amide bonds. The summed E-state index contributed by atoms with van der Waals surface area (Å²) in [5.41, 5.74) is 2.82. The summed E-state index contributed by atoms with van der Waals surface area (Å²) in [6, 6.07) is 6.35. The van der Waals surface area contributed by atoms with Crippen LogP contribution in [0.2, 0.25) is 0 Å². The molecule has 0 radical (unpaired) electrons. The van der Waals surface area contributed by atoms with E-state index in [1.54, 1.807) is 0 Å². The van der Waals surface area contributed by atoms with Gasteiger partial charge in [0, 0.05) is 61.9 Å². The number of anilines is 1. The minimum absolute atomic E-state index is 0.234. The lowest BCUT2D eigenvalue weighted by molar-refractivity contribution is 0.0567. The Hall–Kier alpha value is -2.32. The lowest BCUT2D eigenvalue weighted by Gasteiger charge is -2.43. The van der Waals surface area contributed by atoms with E-state index in [2.05, 4.69) is 44.3 Å². The van der Waals surface area contributed by atoms with E-state index in [-0.39, 0.29) is 6.04 Å². The van der Waals surface area contributed by atoms with E-state index in [4.69, 9.17) is 4.98 Å². The van der Waals surface area contributed by atoms with Gasteiger partial charge in [-0.05, 0) is 64.5 Å². The molecule has 3 fully saturated rings. The van der Waals surface area contributed by atoms with Crippen molar-refractivity contribution >= 4 is 27.9 Å². The Morgan fingerprint density at radius 3 is 2.24 bits per heavy atom. The van der Waals surface area contributed by atoms with Crippen molar-refractivity contribution in [3.05, 3.63) is 18.3 Å². The molecule has 8 heteroatoms. The normalized spacial score (nSPS) is 25.6. The van der Waals surface area contributed by atoms with Crippen LogP contribution in [0.1, 0.15) is 71.3 Å². The van der Waals surface area contributed by atoms with E-state index >= 15 is 0 Å². The number of aromatic nitrogens is 5. The maximum absolute atomic E-state index is 4.93. The van der Waals surface area contributed by atoms with E-state index in [1.807, 2.05) is 23.0 Å². The minimum atomic E-state index is 0.234. The number of nitrogens with one attached hydrogen (secondary N) is 1. The number of rotatable bonds is 5. The van der Waals surface area contributed by atoms with E-state index in [0.717, 1.165) is 40.0 Å². The monoisotopic (exact) mass is 462 g/mol. The lowest BCUT2D eigenvalue weighted by Crippen LogP contribution is -2.53. The van der Waals surface area contributed by atoms with Crippen LogP contribution in [-0.4, -0.2) is 79.1 Å². The Bertz CT molecular complexity index is 1120. The van der Waals surface area contributed by atoms with Crippen LogP contribution in [0.5, 0.6) is 0 Å². The van der Waals surface area contributed by atoms with Gasteiger partial charge < -0.3 is 5.32 Å². The van der Waals surface area contributed by atoms with Gasteiger partial charge in [0.2, 0.25) is 5.95 Å². The van der Waals surface area contributed by atoms with Gasteiger partial charge in [-0.25, -0.2) is 14.6 Å². The van der Waals surface area contributed by atoms with Crippen LogP contribution < -0.4 is 5.32 Å². The van der Waals surface area contributed by atoms with E-state index in [0.29, 0.717) is 6.04 Å². The molecule has 3 aromatic rings. The quantitative estimate of drug-likeness (QED) is 0.608. The molecule has 6 rings (SSSR count). The molecule has 0 atom stereocenters. The van der Waals surface area contributed by atoms with Crippen LogP contribution >= 0.6 is 0 Å². The predicted molar refractivity (Wildman–Crippen MR) is 136 cm³/mol. The molecule has 2 aliphatic carbocycles. The van der Waals surface area contributed by atoms with Crippen LogP contribution in [0.3, 0.4) is 0 Å². The minimum Gasteiger partial charge on any atom is -0.351 e. The summed E-state index contributed by atoms with van der Waals surface area (Å²) >= 11 is 0. The summed E-state index contributed by atoms with van der Waals surface area (Å²) in [6.07, 6.45) is 12.6. The van der Waals surface area contributed by atoms with Gasteiger partial charge in [0.05, 0.1) is 0 Å². The third-order valence-electron chi connectivity index (χ3n) is 8.41. The Morgan fingerprint density at radius 2 is 1.56 bits per heavy atom. The van der Waals surface area contributed by atoms with Gasteiger partial charge in [-0.1, -0.05) is 18.1 Å². The van der Waals surface area contributed by atoms with Crippen molar-refractivity contribution < 1.29 is 0 Å². The van der Waals surface area contributed by atoms with Crippen molar-refractivity contribution in [3.8, 4) is 0 Å². The number of piperazine rings is 1. The Morgan fingerprint density at radius 1 is 0.882 bits per heavy atom. The number of hydrogen-bond acceptors (Lipinski definition) is 7. The first-order chi connectivity index (χ1) is 16.7. The van der Waals surface area contributed by atoms with Gasteiger partial charge in [0.1, 0.15) is 16.6 Å². The first-order valence-electron chi connectivity index (χ1n) is 13.4. The van der Waals surface area contributed by atoms with Gasteiger partial charge in [-0.2, -0.15) is 0 Å². The number of nitrogens with zero attached hydrogens (tertiary/aromatic N) is 7. The number of fused-ring (bicyclic) bond motifs is 3. The van der Waals surface area contributed by atoms with Gasteiger partial charge >= 0.3 is 0 Å². The SMILES string of the molecule is CC(C)n1nnc2ccc3cnc(N[C@H]4CC[C@H](N5CCN(C6CCCC6)CC5)CC4)nc3c21. The molecule has 1 saturated heterocycles. The summed E-state index contributed by atoms with van der Waals surface area (Å²) < 4.78 is 1.96. The molecule has 34 heavy (non-hydrogen) atoms. The molecule has 1 N–H and O–H groups in total.